The van der Waals surface area contributed by atoms with E-state index in [4.69, 9.17) is 5.73 Å². The predicted octanol–water partition coefficient (Wildman–Crippen LogP) is 1.33. The highest BCUT2D eigenvalue weighted by molar-refractivity contribution is 5.89. The number of aromatic nitrogens is 2. The van der Waals surface area contributed by atoms with Gasteiger partial charge in [0.25, 0.3) is 0 Å². The number of halogens is 3. The number of hydrogen-bond donors (Lipinski definition) is 2. The zero-order chi connectivity index (χ0) is 13.6. The SMILES string of the molecule is NCCC(CC(=O)Nc1cnccn1)C(F)(F)F. The highest BCUT2D eigenvalue weighted by atomic mass is 19.4. The monoisotopic (exact) mass is 262 g/mol. The standard InChI is InChI=1S/C10H13F3N4O/c11-10(12,13)7(1-2-14)5-9(18)17-8-6-15-3-4-16-8/h3-4,6-7H,1-2,5,14H2,(H,16,17,18). The molecule has 0 saturated carbocycles. The van der Waals surface area contributed by atoms with Gasteiger partial charge in [-0.3, -0.25) is 9.78 Å². The van der Waals surface area contributed by atoms with Crippen molar-refractivity contribution in [3.05, 3.63) is 18.6 Å². The fourth-order valence-corrected chi connectivity index (χ4v) is 1.36. The Morgan fingerprint density at radius 1 is 1.44 bits per heavy atom. The predicted molar refractivity (Wildman–Crippen MR) is 58.5 cm³/mol. The van der Waals surface area contributed by atoms with E-state index in [2.05, 4.69) is 15.3 Å². The third-order valence-electron chi connectivity index (χ3n) is 2.24. The lowest BCUT2D eigenvalue weighted by atomic mass is 10.0. The average molecular weight is 262 g/mol. The van der Waals surface area contributed by atoms with Gasteiger partial charge in [-0.15, -0.1) is 0 Å². The van der Waals surface area contributed by atoms with Gasteiger partial charge in [0, 0.05) is 18.8 Å². The van der Waals surface area contributed by atoms with E-state index >= 15 is 0 Å². The Balaban J connectivity index is 2.57. The highest BCUT2D eigenvalue weighted by Gasteiger charge is 2.40. The molecule has 0 saturated heterocycles. The Morgan fingerprint density at radius 3 is 2.67 bits per heavy atom. The largest absolute Gasteiger partial charge is 0.392 e. The maximum atomic E-state index is 12.5. The molecule has 1 amide bonds. The molecule has 0 aliphatic carbocycles. The third-order valence-corrected chi connectivity index (χ3v) is 2.24. The molecule has 1 aromatic rings. The van der Waals surface area contributed by atoms with Crippen LogP contribution in [0.3, 0.4) is 0 Å². The summed E-state index contributed by atoms with van der Waals surface area (Å²) < 4.78 is 37.6. The van der Waals surface area contributed by atoms with Crippen LogP contribution in [0.5, 0.6) is 0 Å². The molecule has 0 aromatic carbocycles. The van der Waals surface area contributed by atoms with Gasteiger partial charge in [0.15, 0.2) is 5.82 Å². The van der Waals surface area contributed by atoms with Crippen molar-refractivity contribution in [1.82, 2.24) is 9.97 Å². The molecule has 0 bridgehead atoms. The number of alkyl halides is 3. The van der Waals surface area contributed by atoms with Crippen molar-refractivity contribution in [2.75, 3.05) is 11.9 Å². The summed E-state index contributed by atoms with van der Waals surface area (Å²) in [6.45, 7) is -0.122. The second kappa shape index (κ2) is 6.29. The lowest BCUT2D eigenvalue weighted by molar-refractivity contribution is -0.179. The van der Waals surface area contributed by atoms with Crippen molar-refractivity contribution in [2.45, 2.75) is 19.0 Å². The van der Waals surface area contributed by atoms with Gasteiger partial charge < -0.3 is 11.1 Å². The maximum Gasteiger partial charge on any atom is 0.392 e. The van der Waals surface area contributed by atoms with Crippen LogP contribution >= 0.6 is 0 Å². The molecule has 0 aliphatic heterocycles. The lowest BCUT2D eigenvalue weighted by Gasteiger charge is -2.18. The van der Waals surface area contributed by atoms with Crippen molar-refractivity contribution in [1.29, 1.82) is 0 Å². The van der Waals surface area contributed by atoms with Gasteiger partial charge in [-0.2, -0.15) is 13.2 Å². The Kier molecular flexibility index (Phi) is 5.02. The Morgan fingerprint density at radius 2 is 2.17 bits per heavy atom. The number of anilines is 1. The first-order valence-electron chi connectivity index (χ1n) is 5.26. The van der Waals surface area contributed by atoms with Crippen LogP contribution in [0.25, 0.3) is 0 Å². The molecule has 1 atom stereocenters. The first-order chi connectivity index (χ1) is 8.43. The molecule has 1 aromatic heterocycles. The molecule has 3 N–H and O–H groups in total. The summed E-state index contributed by atoms with van der Waals surface area (Å²) in [7, 11) is 0. The summed E-state index contributed by atoms with van der Waals surface area (Å²) in [4.78, 5) is 18.8. The molecule has 100 valence electrons. The normalized spacial score (nSPS) is 13.1. The van der Waals surface area contributed by atoms with Gasteiger partial charge in [0.2, 0.25) is 5.91 Å². The van der Waals surface area contributed by atoms with E-state index in [-0.39, 0.29) is 18.8 Å². The number of carbonyl (C=O) groups is 1. The van der Waals surface area contributed by atoms with Gasteiger partial charge >= 0.3 is 6.18 Å². The highest BCUT2D eigenvalue weighted by Crippen LogP contribution is 2.31. The zero-order valence-electron chi connectivity index (χ0n) is 9.44. The third kappa shape index (κ3) is 4.66. The fraction of sp³-hybridized carbons (Fsp3) is 0.500. The van der Waals surface area contributed by atoms with Crippen LogP contribution in [0.4, 0.5) is 19.0 Å². The first-order valence-corrected chi connectivity index (χ1v) is 5.26. The van der Waals surface area contributed by atoms with Gasteiger partial charge in [-0.05, 0) is 13.0 Å². The minimum atomic E-state index is -4.43. The molecular weight excluding hydrogens is 249 g/mol. The van der Waals surface area contributed by atoms with Gasteiger partial charge in [-0.25, -0.2) is 4.98 Å². The minimum absolute atomic E-state index is 0.121. The summed E-state index contributed by atoms with van der Waals surface area (Å²) in [6, 6.07) is 0. The molecule has 0 radical (unpaired) electrons. The number of amides is 1. The number of carbonyl (C=O) groups excluding carboxylic acids is 1. The molecule has 1 heterocycles. The minimum Gasteiger partial charge on any atom is -0.330 e. The quantitative estimate of drug-likeness (QED) is 0.838. The molecule has 8 heteroatoms. The molecular formula is C10H13F3N4O. The molecule has 18 heavy (non-hydrogen) atoms. The van der Waals surface area contributed by atoms with E-state index in [1.54, 1.807) is 0 Å². The second-order valence-corrected chi connectivity index (χ2v) is 3.66. The number of hydrogen-bond acceptors (Lipinski definition) is 4. The summed E-state index contributed by atoms with van der Waals surface area (Å²) in [5.74, 6) is -2.37. The van der Waals surface area contributed by atoms with Crippen LogP contribution in [0, 0.1) is 5.92 Å². The van der Waals surface area contributed by atoms with Gasteiger partial charge in [-0.1, -0.05) is 0 Å². The van der Waals surface area contributed by atoms with Crippen molar-refractivity contribution < 1.29 is 18.0 Å². The van der Waals surface area contributed by atoms with Gasteiger partial charge in [0.05, 0.1) is 12.1 Å². The van der Waals surface area contributed by atoms with E-state index in [1.165, 1.54) is 18.6 Å². The molecule has 0 fully saturated rings. The second-order valence-electron chi connectivity index (χ2n) is 3.66. The first kappa shape index (κ1) is 14.4. The molecule has 1 rings (SSSR count). The number of nitrogens with zero attached hydrogens (tertiary/aromatic N) is 2. The van der Waals surface area contributed by atoms with Crippen molar-refractivity contribution in [3.8, 4) is 0 Å². The van der Waals surface area contributed by atoms with Crippen molar-refractivity contribution in [3.63, 3.8) is 0 Å². The van der Waals surface area contributed by atoms with Crippen LogP contribution in [-0.4, -0.2) is 28.6 Å². The lowest BCUT2D eigenvalue weighted by Crippen LogP contribution is -2.30. The maximum absolute atomic E-state index is 12.5. The number of nitrogens with one attached hydrogen (secondary N) is 1. The van der Waals surface area contributed by atoms with Crippen LogP contribution < -0.4 is 11.1 Å². The fourth-order valence-electron chi connectivity index (χ4n) is 1.36. The molecule has 5 nitrogen and oxygen atoms in total. The number of rotatable bonds is 5. The smallest absolute Gasteiger partial charge is 0.330 e. The molecule has 1 unspecified atom stereocenters. The summed E-state index contributed by atoms with van der Waals surface area (Å²) in [6.07, 6.45) is -1.41. The van der Waals surface area contributed by atoms with E-state index in [0.29, 0.717) is 0 Å². The zero-order valence-corrected chi connectivity index (χ0v) is 9.44. The van der Waals surface area contributed by atoms with Crippen LogP contribution in [0.15, 0.2) is 18.6 Å². The van der Waals surface area contributed by atoms with E-state index in [1.807, 2.05) is 0 Å². The van der Waals surface area contributed by atoms with Crippen LogP contribution in [0.1, 0.15) is 12.8 Å². The van der Waals surface area contributed by atoms with E-state index in [0.717, 1.165) is 0 Å². The van der Waals surface area contributed by atoms with Crippen molar-refractivity contribution >= 4 is 11.7 Å². The summed E-state index contributed by atoms with van der Waals surface area (Å²) in [5.41, 5.74) is 5.10. The molecule has 0 aliphatic rings. The average Bonchev–Trinajstić information content (AvgIpc) is 2.28. The summed E-state index contributed by atoms with van der Waals surface area (Å²) >= 11 is 0. The Hall–Kier alpha value is -1.70. The Labute approximate surface area is 102 Å². The van der Waals surface area contributed by atoms with Crippen molar-refractivity contribution in [2.24, 2.45) is 11.7 Å². The van der Waals surface area contributed by atoms with E-state index in [9.17, 15) is 18.0 Å². The molecule has 0 spiro atoms. The topological polar surface area (TPSA) is 80.9 Å². The Bertz CT molecular complexity index is 382. The summed E-state index contributed by atoms with van der Waals surface area (Å²) in [5, 5.41) is 2.25. The number of nitrogens with two attached hydrogens (primary N) is 1. The van der Waals surface area contributed by atoms with Gasteiger partial charge in [0.1, 0.15) is 0 Å². The van der Waals surface area contributed by atoms with E-state index < -0.39 is 24.4 Å². The van der Waals surface area contributed by atoms with Crippen LogP contribution in [-0.2, 0) is 4.79 Å². The van der Waals surface area contributed by atoms with Crippen LogP contribution in [0.2, 0.25) is 0 Å².